The number of nitrogens with one attached hydrogen (secondary N) is 1. The van der Waals surface area contributed by atoms with Gasteiger partial charge >= 0.3 is 12.4 Å². The number of rotatable bonds is 4. The van der Waals surface area contributed by atoms with Crippen molar-refractivity contribution in [2.24, 2.45) is 0 Å². The van der Waals surface area contributed by atoms with Crippen LogP contribution >= 0.6 is 25.1 Å². The van der Waals surface area contributed by atoms with Crippen molar-refractivity contribution in [1.82, 2.24) is 30.0 Å². The SMILES string of the molecule is C[C@H](NC(=O)c1cncc(C(F)(F)F)c1)c1nc(C(F)(F)F)nn1-c1ccc(Cl)cn1.S. The molecule has 1 atom stereocenters. The number of carbonyl (C=O) groups is 1. The predicted molar refractivity (Wildman–Crippen MR) is 105 cm³/mol. The zero-order valence-electron chi connectivity index (χ0n) is 15.8. The highest BCUT2D eigenvalue weighted by Crippen LogP contribution is 2.30. The molecule has 7 nitrogen and oxygen atoms in total. The Labute approximate surface area is 188 Å². The number of hydrogen-bond donors (Lipinski definition) is 1. The molecular weight excluding hydrogens is 486 g/mol. The van der Waals surface area contributed by atoms with Crippen molar-refractivity contribution < 1.29 is 31.1 Å². The lowest BCUT2D eigenvalue weighted by Crippen LogP contribution is -2.29. The summed E-state index contributed by atoms with van der Waals surface area (Å²) in [6, 6.07) is 2.02. The number of alkyl halides is 6. The fourth-order valence-corrected chi connectivity index (χ4v) is 2.56. The molecule has 3 aromatic rings. The molecule has 0 bridgehead atoms. The third kappa shape index (κ3) is 5.68. The van der Waals surface area contributed by atoms with Crippen LogP contribution in [0.3, 0.4) is 0 Å². The summed E-state index contributed by atoms with van der Waals surface area (Å²) in [5, 5.41) is 5.90. The molecule has 3 aromatic heterocycles. The van der Waals surface area contributed by atoms with Crippen molar-refractivity contribution in [1.29, 1.82) is 0 Å². The first-order valence-corrected chi connectivity index (χ1v) is 8.73. The highest BCUT2D eigenvalue weighted by Gasteiger charge is 2.38. The topological polar surface area (TPSA) is 85.6 Å². The second-order valence-electron chi connectivity index (χ2n) is 6.19. The molecule has 1 N–H and O–H groups in total. The zero-order valence-corrected chi connectivity index (χ0v) is 17.6. The minimum Gasteiger partial charge on any atom is -0.342 e. The van der Waals surface area contributed by atoms with Crippen molar-refractivity contribution >= 4 is 31.0 Å². The highest BCUT2D eigenvalue weighted by atomic mass is 35.5. The minimum atomic E-state index is -4.89. The summed E-state index contributed by atoms with van der Waals surface area (Å²) in [5.74, 6) is -2.90. The van der Waals surface area contributed by atoms with Gasteiger partial charge in [-0.25, -0.2) is 9.97 Å². The standard InChI is InChI=1S/C17H11ClF6N6O.H2S/c1-8(27-14(31)9-4-10(6-25-5-9)16(19,20)21)13-28-15(17(22,23)24)29-30(13)12-3-2-11(18)7-26-12;/h2-8H,1H3,(H,27,31);1H2/t8-;/m0./s1. The Balaban J connectivity index is 0.00000363. The van der Waals surface area contributed by atoms with Crippen LogP contribution in [0.2, 0.25) is 5.02 Å². The first-order chi connectivity index (χ1) is 14.4. The Morgan fingerprint density at radius 3 is 2.34 bits per heavy atom. The Kier molecular flexibility index (Phi) is 7.40. The summed E-state index contributed by atoms with van der Waals surface area (Å²) >= 11 is 5.73. The van der Waals surface area contributed by atoms with E-state index in [-0.39, 0.29) is 30.2 Å². The summed E-state index contributed by atoms with van der Waals surface area (Å²) in [6.07, 6.45) is -7.01. The molecule has 0 saturated heterocycles. The van der Waals surface area contributed by atoms with Gasteiger partial charge in [0.2, 0.25) is 0 Å². The van der Waals surface area contributed by atoms with E-state index in [9.17, 15) is 31.1 Å². The van der Waals surface area contributed by atoms with Crippen molar-refractivity contribution in [3.63, 3.8) is 0 Å². The van der Waals surface area contributed by atoms with E-state index in [1.54, 1.807) is 0 Å². The van der Waals surface area contributed by atoms with Crippen LogP contribution in [-0.4, -0.2) is 30.6 Å². The summed E-state index contributed by atoms with van der Waals surface area (Å²) in [7, 11) is 0. The second kappa shape index (κ2) is 9.32. The second-order valence-corrected chi connectivity index (χ2v) is 6.63. The van der Waals surface area contributed by atoms with Gasteiger partial charge in [0.1, 0.15) is 0 Å². The van der Waals surface area contributed by atoms with Crippen molar-refractivity contribution in [3.8, 4) is 5.82 Å². The number of hydrogen-bond acceptors (Lipinski definition) is 5. The average molecular weight is 499 g/mol. The molecule has 15 heteroatoms. The Morgan fingerprint density at radius 1 is 1.09 bits per heavy atom. The van der Waals surface area contributed by atoms with E-state index < -0.39 is 41.3 Å². The third-order valence-corrected chi connectivity index (χ3v) is 4.10. The lowest BCUT2D eigenvalue weighted by Gasteiger charge is -2.15. The fraction of sp³-hybridized carbons (Fsp3) is 0.235. The average Bonchev–Trinajstić information content (AvgIpc) is 3.14. The van der Waals surface area contributed by atoms with Gasteiger partial charge in [-0.1, -0.05) is 11.6 Å². The molecule has 0 unspecified atom stereocenters. The molecule has 0 saturated carbocycles. The molecule has 0 aromatic carbocycles. The molecule has 0 aliphatic rings. The Morgan fingerprint density at radius 2 is 1.78 bits per heavy atom. The van der Waals surface area contributed by atoms with Gasteiger partial charge in [-0.3, -0.25) is 9.78 Å². The molecule has 172 valence electrons. The molecule has 0 aliphatic heterocycles. The predicted octanol–water partition coefficient (Wildman–Crippen LogP) is 4.35. The monoisotopic (exact) mass is 498 g/mol. The minimum absolute atomic E-state index is 0. The number of carbonyl (C=O) groups excluding carboxylic acids is 1. The van der Waals surface area contributed by atoms with Gasteiger partial charge in [0.15, 0.2) is 11.6 Å². The maximum Gasteiger partial charge on any atom is 0.453 e. The van der Waals surface area contributed by atoms with E-state index in [0.717, 1.165) is 10.9 Å². The summed E-state index contributed by atoms with van der Waals surface area (Å²) in [6.45, 7) is 1.29. The lowest BCUT2D eigenvalue weighted by molar-refractivity contribution is -0.145. The molecule has 0 radical (unpaired) electrons. The van der Waals surface area contributed by atoms with Crippen LogP contribution in [0.15, 0.2) is 36.8 Å². The first kappa shape index (κ1) is 25.4. The Hall–Kier alpha value is -2.87. The van der Waals surface area contributed by atoms with Crippen LogP contribution in [0.25, 0.3) is 5.82 Å². The molecule has 3 rings (SSSR count). The fourth-order valence-electron chi connectivity index (χ4n) is 2.45. The molecule has 0 spiro atoms. The van der Waals surface area contributed by atoms with Crippen molar-refractivity contribution in [2.45, 2.75) is 25.3 Å². The smallest absolute Gasteiger partial charge is 0.342 e. The summed E-state index contributed by atoms with van der Waals surface area (Å²) in [4.78, 5) is 23.1. The van der Waals surface area contributed by atoms with Gasteiger partial charge in [-0.2, -0.15) is 44.5 Å². The van der Waals surface area contributed by atoms with Crippen LogP contribution in [0, 0.1) is 0 Å². The number of pyridine rings is 2. The maximum absolute atomic E-state index is 13.1. The van der Waals surface area contributed by atoms with E-state index in [4.69, 9.17) is 11.6 Å². The van der Waals surface area contributed by atoms with E-state index in [0.29, 0.717) is 12.3 Å². The quantitative estimate of drug-likeness (QED) is 0.541. The van der Waals surface area contributed by atoms with E-state index >= 15 is 0 Å². The normalized spacial score (nSPS) is 12.8. The number of halogens is 7. The van der Waals surface area contributed by atoms with Gasteiger partial charge in [0.05, 0.1) is 22.2 Å². The van der Waals surface area contributed by atoms with Gasteiger partial charge in [0, 0.05) is 18.6 Å². The summed E-state index contributed by atoms with van der Waals surface area (Å²) < 4.78 is 78.6. The van der Waals surface area contributed by atoms with Gasteiger partial charge in [0.25, 0.3) is 11.7 Å². The zero-order chi connectivity index (χ0) is 23.0. The Bertz CT molecular complexity index is 1100. The van der Waals surface area contributed by atoms with E-state index in [1.165, 1.54) is 25.3 Å². The third-order valence-electron chi connectivity index (χ3n) is 3.88. The maximum atomic E-state index is 13.1. The van der Waals surface area contributed by atoms with Crippen LogP contribution in [0.5, 0.6) is 0 Å². The molecule has 0 aliphatic carbocycles. The molecule has 0 fully saturated rings. The lowest BCUT2D eigenvalue weighted by atomic mass is 10.2. The number of nitrogens with zero attached hydrogens (tertiary/aromatic N) is 5. The van der Waals surface area contributed by atoms with Crippen LogP contribution in [0.1, 0.15) is 40.5 Å². The molecule has 1 amide bonds. The van der Waals surface area contributed by atoms with Gasteiger partial charge in [-0.15, -0.1) is 5.10 Å². The molecule has 32 heavy (non-hydrogen) atoms. The van der Waals surface area contributed by atoms with Crippen molar-refractivity contribution in [2.75, 3.05) is 0 Å². The van der Waals surface area contributed by atoms with E-state index in [1.807, 2.05) is 0 Å². The summed E-state index contributed by atoms with van der Waals surface area (Å²) in [5.41, 5.74) is -1.59. The van der Waals surface area contributed by atoms with Crippen LogP contribution in [0.4, 0.5) is 26.3 Å². The molecular formula is C17H13ClF6N6OS. The molecule has 3 heterocycles. The number of aromatic nitrogens is 5. The van der Waals surface area contributed by atoms with Crippen molar-refractivity contribution in [3.05, 3.63) is 64.6 Å². The largest absolute Gasteiger partial charge is 0.453 e. The van der Waals surface area contributed by atoms with Crippen LogP contribution < -0.4 is 5.32 Å². The van der Waals surface area contributed by atoms with Crippen LogP contribution in [-0.2, 0) is 12.4 Å². The highest BCUT2D eigenvalue weighted by molar-refractivity contribution is 7.59. The first-order valence-electron chi connectivity index (χ1n) is 8.35. The van der Waals surface area contributed by atoms with Gasteiger partial charge < -0.3 is 5.32 Å². The van der Waals surface area contributed by atoms with E-state index in [2.05, 4.69) is 25.4 Å². The van der Waals surface area contributed by atoms with Gasteiger partial charge in [-0.05, 0) is 25.1 Å². The number of amides is 1.